The Morgan fingerprint density at radius 2 is 1.62 bits per heavy atom. The van der Waals surface area contributed by atoms with Gasteiger partial charge in [0.1, 0.15) is 16.2 Å². The Morgan fingerprint density at radius 1 is 0.897 bits per heavy atom. The highest BCUT2D eigenvalue weighted by Crippen LogP contribution is 2.53. The number of aryl methyl sites for hydroxylation is 2. The molecule has 0 aliphatic carbocycles. The molecule has 1 aliphatic rings. The summed E-state index contributed by atoms with van der Waals surface area (Å²) in [5.41, 5.74) is 3.64. The number of fused-ring (bicyclic) bond motifs is 4. The molecule has 0 amide bonds. The molecule has 146 valence electrons. The number of benzene rings is 3. The Balaban J connectivity index is 1.95. The fourth-order valence-corrected chi connectivity index (χ4v) is 5.68. The predicted octanol–water partition coefficient (Wildman–Crippen LogP) is 5.67. The van der Waals surface area contributed by atoms with E-state index in [2.05, 4.69) is 0 Å². The van der Waals surface area contributed by atoms with E-state index in [1.807, 2.05) is 73.3 Å². The summed E-state index contributed by atoms with van der Waals surface area (Å²) < 4.78 is 39.0. The van der Waals surface area contributed by atoms with Gasteiger partial charge in [0.25, 0.3) is 0 Å². The van der Waals surface area contributed by atoms with Crippen LogP contribution < -0.4 is 9.64 Å². The van der Waals surface area contributed by atoms with Crippen LogP contribution in [0.3, 0.4) is 0 Å². The lowest BCUT2D eigenvalue weighted by Crippen LogP contribution is -2.21. The average molecular weight is 405 g/mol. The molecule has 6 heteroatoms. The summed E-state index contributed by atoms with van der Waals surface area (Å²) in [6.45, 7) is 3.82. The fourth-order valence-electron chi connectivity index (χ4n) is 3.88. The van der Waals surface area contributed by atoms with E-state index in [0.717, 1.165) is 11.1 Å². The van der Waals surface area contributed by atoms with Gasteiger partial charge in [0.2, 0.25) is 15.7 Å². The molecule has 0 unspecified atom stereocenters. The maximum atomic E-state index is 13.6. The molecule has 0 saturated heterocycles. The van der Waals surface area contributed by atoms with Crippen LogP contribution in [0.15, 0.2) is 74.9 Å². The summed E-state index contributed by atoms with van der Waals surface area (Å²) in [7, 11) is -2.16. The lowest BCUT2D eigenvalue weighted by Gasteiger charge is -2.30. The number of rotatable bonds is 2. The largest absolute Gasteiger partial charge is 0.495 e. The maximum Gasteiger partial charge on any atom is 0.225 e. The molecular formula is C23H19NO4S. The topological polar surface area (TPSA) is 59.8 Å². The summed E-state index contributed by atoms with van der Waals surface area (Å²) in [6.07, 6.45) is 0. The highest BCUT2D eigenvalue weighted by Gasteiger charge is 2.40. The van der Waals surface area contributed by atoms with Crippen molar-refractivity contribution in [1.82, 2.24) is 0 Å². The third-order valence-corrected chi connectivity index (χ3v) is 7.06. The van der Waals surface area contributed by atoms with Crippen LogP contribution in [-0.4, -0.2) is 15.5 Å². The number of hydrogen-bond donors (Lipinski definition) is 0. The van der Waals surface area contributed by atoms with Gasteiger partial charge in [0.05, 0.1) is 23.4 Å². The summed E-state index contributed by atoms with van der Waals surface area (Å²) >= 11 is 0. The molecule has 2 heterocycles. The van der Waals surface area contributed by atoms with Crippen molar-refractivity contribution in [3.63, 3.8) is 0 Å². The standard InChI is InChI=1S/C23H19NO4S/c1-14-9-11-19-16(12-14)22-23(28-19)24(17-6-4-5-7-20(17)27-3)18-10-8-15(2)13-21(18)29(22,25)26/h4-13H,1-3H3. The number of sulfone groups is 1. The first-order valence-corrected chi connectivity index (χ1v) is 10.7. The molecule has 0 radical (unpaired) electrons. The molecule has 0 atom stereocenters. The van der Waals surface area contributed by atoms with Gasteiger partial charge >= 0.3 is 0 Å². The Bertz CT molecular complexity index is 1390. The molecule has 4 aromatic rings. The quantitative estimate of drug-likeness (QED) is 0.378. The Labute approximate surface area is 169 Å². The zero-order chi connectivity index (χ0) is 20.3. The zero-order valence-electron chi connectivity index (χ0n) is 16.3. The average Bonchev–Trinajstić information content (AvgIpc) is 3.08. The van der Waals surface area contributed by atoms with E-state index in [0.29, 0.717) is 28.1 Å². The first-order valence-electron chi connectivity index (χ1n) is 9.24. The molecule has 0 bridgehead atoms. The fraction of sp³-hybridized carbons (Fsp3) is 0.130. The third-order valence-electron chi connectivity index (χ3n) is 5.22. The van der Waals surface area contributed by atoms with Gasteiger partial charge in [-0.15, -0.1) is 0 Å². The number of para-hydroxylation sites is 2. The van der Waals surface area contributed by atoms with Crippen LogP contribution in [-0.2, 0) is 9.84 Å². The second kappa shape index (κ2) is 6.12. The van der Waals surface area contributed by atoms with Crippen molar-refractivity contribution in [2.24, 2.45) is 0 Å². The summed E-state index contributed by atoms with van der Waals surface area (Å²) in [4.78, 5) is 2.29. The van der Waals surface area contributed by atoms with Crippen LogP contribution in [0.2, 0.25) is 0 Å². The number of methoxy groups -OCH3 is 1. The highest BCUT2D eigenvalue weighted by atomic mass is 32.2. The van der Waals surface area contributed by atoms with Gasteiger partial charge in [-0.3, -0.25) is 4.90 Å². The van der Waals surface area contributed by atoms with Gasteiger partial charge in [0.15, 0.2) is 0 Å². The van der Waals surface area contributed by atoms with Gasteiger partial charge in [-0.2, -0.15) is 0 Å². The Kier molecular flexibility index (Phi) is 3.76. The molecule has 0 fully saturated rings. The molecule has 29 heavy (non-hydrogen) atoms. The molecule has 5 nitrogen and oxygen atoms in total. The van der Waals surface area contributed by atoms with Gasteiger partial charge in [-0.1, -0.05) is 29.8 Å². The number of anilines is 3. The normalized spacial score (nSPS) is 14.5. The maximum absolute atomic E-state index is 13.6. The van der Waals surface area contributed by atoms with Gasteiger partial charge in [0, 0.05) is 5.39 Å². The second-order valence-corrected chi connectivity index (χ2v) is 9.07. The highest BCUT2D eigenvalue weighted by molar-refractivity contribution is 7.92. The van der Waals surface area contributed by atoms with E-state index < -0.39 is 9.84 Å². The van der Waals surface area contributed by atoms with Crippen molar-refractivity contribution in [1.29, 1.82) is 0 Å². The van der Waals surface area contributed by atoms with Crippen molar-refractivity contribution in [3.05, 3.63) is 71.8 Å². The molecule has 0 N–H and O–H groups in total. The molecule has 3 aromatic carbocycles. The summed E-state index contributed by atoms with van der Waals surface area (Å²) in [5.74, 6) is 0.910. The van der Waals surface area contributed by atoms with Crippen LogP contribution in [0.25, 0.3) is 11.0 Å². The van der Waals surface area contributed by atoms with Crippen LogP contribution in [0.5, 0.6) is 5.75 Å². The Morgan fingerprint density at radius 3 is 2.41 bits per heavy atom. The van der Waals surface area contributed by atoms with E-state index in [4.69, 9.17) is 9.15 Å². The second-order valence-electron chi connectivity index (χ2n) is 7.22. The van der Waals surface area contributed by atoms with E-state index in [-0.39, 0.29) is 15.7 Å². The molecule has 1 aliphatic heterocycles. The third kappa shape index (κ3) is 2.49. The molecule has 5 rings (SSSR count). The van der Waals surface area contributed by atoms with E-state index in [9.17, 15) is 8.42 Å². The predicted molar refractivity (Wildman–Crippen MR) is 112 cm³/mol. The Hall–Kier alpha value is -3.25. The first kappa shape index (κ1) is 17.8. The van der Waals surface area contributed by atoms with Crippen molar-refractivity contribution in [3.8, 4) is 5.75 Å². The summed E-state index contributed by atoms with van der Waals surface area (Å²) in [5, 5.41) is 0.590. The minimum absolute atomic E-state index is 0.195. The lowest BCUT2D eigenvalue weighted by molar-refractivity contribution is 0.415. The van der Waals surface area contributed by atoms with Gasteiger partial charge < -0.3 is 9.15 Å². The molecule has 0 spiro atoms. The molecule has 1 aromatic heterocycles. The van der Waals surface area contributed by atoms with Crippen molar-refractivity contribution < 1.29 is 17.6 Å². The van der Waals surface area contributed by atoms with E-state index >= 15 is 0 Å². The zero-order valence-corrected chi connectivity index (χ0v) is 17.1. The minimum Gasteiger partial charge on any atom is -0.495 e. The van der Waals surface area contributed by atoms with Crippen molar-refractivity contribution >= 4 is 38.1 Å². The van der Waals surface area contributed by atoms with E-state index in [1.54, 1.807) is 13.2 Å². The van der Waals surface area contributed by atoms with Crippen LogP contribution >= 0.6 is 0 Å². The first-order chi connectivity index (χ1) is 13.9. The SMILES string of the molecule is COc1ccccc1N1c2ccc(C)cc2S(=O)(=O)c2c1oc1ccc(C)cc21. The number of ether oxygens (including phenoxy) is 1. The molecular weight excluding hydrogens is 386 g/mol. The van der Waals surface area contributed by atoms with Crippen LogP contribution in [0, 0.1) is 13.8 Å². The smallest absolute Gasteiger partial charge is 0.225 e. The number of nitrogens with zero attached hydrogens (tertiary/aromatic N) is 1. The van der Waals surface area contributed by atoms with Crippen molar-refractivity contribution in [2.75, 3.05) is 12.0 Å². The monoisotopic (exact) mass is 405 g/mol. The van der Waals surface area contributed by atoms with Crippen molar-refractivity contribution in [2.45, 2.75) is 23.6 Å². The van der Waals surface area contributed by atoms with E-state index in [1.165, 1.54) is 0 Å². The van der Waals surface area contributed by atoms with Gasteiger partial charge in [-0.25, -0.2) is 8.42 Å². The number of furan rings is 1. The van der Waals surface area contributed by atoms with Crippen LogP contribution in [0.1, 0.15) is 11.1 Å². The lowest BCUT2D eigenvalue weighted by atomic mass is 10.1. The van der Waals surface area contributed by atoms with Crippen LogP contribution in [0.4, 0.5) is 17.3 Å². The minimum atomic E-state index is -3.76. The number of hydrogen-bond acceptors (Lipinski definition) is 5. The summed E-state index contributed by atoms with van der Waals surface area (Å²) in [6, 6.07) is 18.5. The van der Waals surface area contributed by atoms with Gasteiger partial charge in [-0.05, 0) is 55.8 Å². The molecule has 0 saturated carbocycles.